The van der Waals surface area contributed by atoms with Gasteiger partial charge in [0.15, 0.2) is 5.03 Å². The first-order chi connectivity index (χ1) is 9.83. The molecule has 1 aromatic heterocycles. The molecule has 21 heavy (non-hydrogen) atoms. The summed E-state index contributed by atoms with van der Waals surface area (Å²) >= 11 is 0. The molecule has 4 N–H and O–H groups in total. The Hall–Kier alpha value is -2.55. The average molecular weight is 310 g/mol. The molecule has 0 saturated heterocycles. The lowest BCUT2D eigenvalue weighted by Crippen LogP contribution is -2.16. The van der Waals surface area contributed by atoms with E-state index in [4.69, 9.17) is 10.8 Å². The van der Waals surface area contributed by atoms with E-state index >= 15 is 0 Å². The number of sulfonamides is 1. The van der Waals surface area contributed by atoms with Gasteiger partial charge in [0, 0.05) is 18.4 Å². The van der Waals surface area contributed by atoms with Crippen LogP contribution in [0.4, 0.5) is 11.4 Å². The quantitative estimate of drug-likeness (QED) is 0.706. The number of anilines is 2. The van der Waals surface area contributed by atoms with Gasteiger partial charge in [-0.1, -0.05) is 0 Å². The second-order valence-corrected chi connectivity index (χ2v) is 5.89. The molecular formula is C12H14N4O4S. The van der Waals surface area contributed by atoms with Gasteiger partial charge in [0.25, 0.3) is 10.0 Å². The summed E-state index contributed by atoms with van der Waals surface area (Å²) in [5.41, 5.74) is 5.52. The molecule has 1 heterocycles. The van der Waals surface area contributed by atoms with Crippen molar-refractivity contribution in [2.75, 3.05) is 10.5 Å². The molecule has 0 aliphatic carbocycles. The summed E-state index contributed by atoms with van der Waals surface area (Å²) in [6.45, 7) is 2.41. The van der Waals surface area contributed by atoms with Gasteiger partial charge in [0.1, 0.15) is 0 Å². The smallest absolute Gasteiger partial charge is 0.337 e. The number of carboxylic acids is 1. The number of aromatic carboxylic acids is 1. The van der Waals surface area contributed by atoms with Crippen molar-refractivity contribution in [3.05, 3.63) is 36.3 Å². The van der Waals surface area contributed by atoms with Gasteiger partial charge in [-0.15, -0.1) is 0 Å². The Morgan fingerprint density at radius 2 is 2.19 bits per heavy atom. The lowest BCUT2D eigenvalue weighted by atomic mass is 10.1. The molecule has 1 aromatic carbocycles. The van der Waals surface area contributed by atoms with Gasteiger partial charge in [-0.25, -0.2) is 9.78 Å². The summed E-state index contributed by atoms with van der Waals surface area (Å²) in [5, 5.41) is 8.88. The SMILES string of the molecule is CCn1cnc(S(=O)(=O)Nc2cc(N)ccc2C(=O)O)c1. The molecule has 0 bridgehead atoms. The number of hydrogen-bond donors (Lipinski definition) is 3. The van der Waals surface area contributed by atoms with E-state index in [-0.39, 0.29) is 22.0 Å². The number of nitrogens with two attached hydrogens (primary N) is 1. The topological polar surface area (TPSA) is 127 Å². The highest BCUT2D eigenvalue weighted by atomic mass is 32.2. The van der Waals surface area contributed by atoms with Crippen LogP contribution in [0, 0.1) is 0 Å². The van der Waals surface area contributed by atoms with Crippen LogP contribution in [0.2, 0.25) is 0 Å². The Morgan fingerprint density at radius 1 is 1.48 bits per heavy atom. The van der Waals surface area contributed by atoms with Crippen LogP contribution in [0.15, 0.2) is 35.7 Å². The van der Waals surface area contributed by atoms with Gasteiger partial charge in [0.05, 0.1) is 17.6 Å². The van der Waals surface area contributed by atoms with E-state index < -0.39 is 16.0 Å². The molecule has 8 nitrogen and oxygen atoms in total. The largest absolute Gasteiger partial charge is 0.478 e. The number of benzene rings is 1. The molecule has 0 aliphatic rings. The zero-order chi connectivity index (χ0) is 15.6. The van der Waals surface area contributed by atoms with Crippen LogP contribution in [0.1, 0.15) is 17.3 Å². The molecule has 0 aliphatic heterocycles. The average Bonchev–Trinajstić information content (AvgIpc) is 2.87. The minimum atomic E-state index is -3.98. The van der Waals surface area contributed by atoms with E-state index in [0.717, 1.165) is 0 Å². The second kappa shape index (κ2) is 5.44. The number of imidazole rings is 1. The fourth-order valence-electron chi connectivity index (χ4n) is 1.68. The number of nitrogens with zero attached hydrogens (tertiary/aromatic N) is 2. The maximum absolute atomic E-state index is 12.2. The van der Waals surface area contributed by atoms with Crippen LogP contribution in [0.5, 0.6) is 0 Å². The van der Waals surface area contributed by atoms with Crippen LogP contribution >= 0.6 is 0 Å². The van der Waals surface area contributed by atoms with Gasteiger partial charge >= 0.3 is 5.97 Å². The van der Waals surface area contributed by atoms with Gasteiger partial charge in [-0.3, -0.25) is 4.72 Å². The monoisotopic (exact) mass is 310 g/mol. The lowest BCUT2D eigenvalue weighted by Gasteiger charge is -2.09. The number of hydrogen-bond acceptors (Lipinski definition) is 5. The highest BCUT2D eigenvalue weighted by Crippen LogP contribution is 2.22. The first-order valence-corrected chi connectivity index (χ1v) is 7.49. The Morgan fingerprint density at radius 3 is 2.76 bits per heavy atom. The third kappa shape index (κ3) is 3.14. The predicted molar refractivity (Wildman–Crippen MR) is 76.5 cm³/mol. The highest BCUT2D eigenvalue weighted by Gasteiger charge is 2.21. The standard InChI is InChI=1S/C12H14N4O4S/c1-2-16-6-11(14-7-16)21(19,20)15-10-5-8(13)3-4-9(10)12(17)18/h3-7,15H,2,13H2,1H3,(H,17,18). The Balaban J connectivity index is 2.41. The van der Waals surface area contributed by atoms with E-state index in [9.17, 15) is 13.2 Å². The van der Waals surface area contributed by atoms with E-state index in [2.05, 4.69) is 9.71 Å². The molecule has 0 saturated carbocycles. The third-order valence-electron chi connectivity index (χ3n) is 2.77. The molecule has 0 radical (unpaired) electrons. The summed E-state index contributed by atoms with van der Waals surface area (Å²) in [5.74, 6) is -1.26. The maximum atomic E-state index is 12.2. The Kier molecular flexibility index (Phi) is 3.85. The summed E-state index contributed by atoms with van der Waals surface area (Å²) in [6.07, 6.45) is 2.74. The molecule has 0 atom stereocenters. The minimum absolute atomic E-state index is 0.103. The Labute approximate surface area is 121 Å². The van der Waals surface area contributed by atoms with Crippen molar-refractivity contribution in [1.29, 1.82) is 0 Å². The van der Waals surface area contributed by atoms with Crippen LogP contribution < -0.4 is 10.5 Å². The third-order valence-corrected chi connectivity index (χ3v) is 4.02. The van der Waals surface area contributed by atoms with Crippen molar-refractivity contribution in [2.24, 2.45) is 0 Å². The molecular weight excluding hydrogens is 296 g/mol. The van der Waals surface area contributed by atoms with Crippen LogP contribution in [0.3, 0.4) is 0 Å². The molecule has 2 aromatic rings. The van der Waals surface area contributed by atoms with Crippen LogP contribution in [0.25, 0.3) is 0 Å². The van der Waals surface area contributed by atoms with Gasteiger partial charge in [-0.05, 0) is 25.1 Å². The van der Waals surface area contributed by atoms with Gasteiger partial charge in [0.2, 0.25) is 0 Å². The van der Waals surface area contributed by atoms with E-state index in [1.165, 1.54) is 30.7 Å². The molecule has 0 fully saturated rings. The molecule has 9 heteroatoms. The van der Waals surface area contributed by atoms with Gasteiger partial charge < -0.3 is 15.4 Å². The number of nitrogens with one attached hydrogen (secondary N) is 1. The first-order valence-electron chi connectivity index (χ1n) is 6.01. The van der Waals surface area contributed by atoms with E-state index in [1.54, 1.807) is 4.57 Å². The number of aromatic nitrogens is 2. The zero-order valence-corrected chi connectivity index (χ0v) is 12.0. The fraction of sp³-hybridized carbons (Fsp3) is 0.167. The first kappa shape index (κ1) is 14.9. The summed E-state index contributed by atoms with van der Waals surface area (Å²) in [7, 11) is -3.98. The minimum Gasteiger partial charge on any atom is -0.478 e. The van der Waals surface area contributed by atoms with Crippen molar-refractivity contribution in [2.45, 2.75) is 18.5 Å². The number of rotatable bonds is 5. The molecule has 2 rings (SSSR count). The van der Waals surface area contributed by atoms with Crippen molar-refractivity contribution in [3.8, 4) is 0 Å². The summed E-state index contributed by atoms with van der Waals surface area (Å²) in [6, 6.07) is 3.87. The zero-order valence-electron chi connectivity index (χ0n) is 11.1. The number of carbonyl (C=O) groups is 1. The van der Waals surface area contributed by atoms with E-state index in [0.29, 0.717) is 6.54 Å². The van der Waals surface area contributed by atoms with Crippen LogP contribution in [-0.4, -0.2) is 29.0 Å². The van der Waals surface area contributed by atoms with Crippen molar-refractivity contribution in [1.82, 2.24) is 9.55 Å². The van der Waals surface area contributed by atoms with Crippen molar-refractivity contribution >= 4 is 27.4 Å². The van der Waals surface area contributed by atoms with Crippen LogP contribution in [-0.2, 0) is 16.6 Å². The fourth-order valence-corrected chi connectivity index (χ4v) is 2.70. The number of carboxylic acid groups (broad SMARTS) is 1. The predicted octanol–water partition coefficient (Wildman–Crippen LogP) is 0.984. The lowest BCUT2D eigenvalue weighted by molar-refractivity contribution is 0.0698. The second-order valence-electron chi connectivity index (χ2n) is 4.26. The molecule has 112 valence electrons. The molecule has 0 spiro atoms. The van der Waals surface area contributed by atoms with E-state index in [1.807, 2.05) is 6.92 Å². The van der Waals surface area contributed by atoms with Crippen molar-refractivity contribution < 1.29 is 18.3 Å². The summed E-state index contributed by atoms with van der Waals surface area (Å²) < 4.78 is 28.2. The Bertz CT molecular complexity index is 782. The maximum Gasteiger partial charge on any atom is 0.337 e. The van der Waals surface area contributed by atoms with Crippen molar-refractivity contribution in [3.63, 3.8) is 0 Å². The highest BCUT2D eigenvalue weighted by molar-refractivity contribution is 7.92. The number of nitrogen functional groups attached to an aromatic ring is 1. The normalized spacial score (nSPS) is 11.3. The van der Waals surface area contributed by atoms with Gasteiger partial charge in [-0.2, -0.15) is 8.42 Å². The molecule has 0 unspecified atom stereocenters. The summed E-state index contributed by atoms with van der Waals surface area (Å²) in [4.78, 5) is 14.9. The molecule has 0 amide bonds. The number of aryl methyl sites for hydroxylation is 1.